The van der Waals surface area contributed by atoms with Crippen LogP contribution in [0.4, 0.5) is 0 Å². The largest absolute Gasteiger partial charge is 0.452 e. The van der Waals surface area contributed by atoms with E-state index in [9.17, 15) is 0 Å². The Labute approximate surface area is 204 Å². The molecule has 0 saturated carbocycles. The van der Waals surface area contributed by atoms with Gasteiger partial charge in [-0.15, -0.1) is 0 Å². The van der Waals surface area contributed by atoms with Gasteiger partial charge in [0.05, 0.1) is 0 Å². The summed E-state index contributed by atoms with van der Waals surface area (Å²) in [5.41, 5.74) is 0. The minimum atomic E-state index is -2.87. The van der Waals surface area contributed by atoms with E-state index in [2.05, 4.69) is 119 Å². The molecular weight excluding hydrogens is 473 g/mol. The fourth-order valence-electron chi connectivity index (χ4n) is 4.39. The zero-order valence-corrected chi connectivity index (χ0v) is 25.3. The fraction of sp³-hybridized carbons (Fsp3) is 0.308. The molecule has 3 aromatic rings. The molecule has 3 nitrogen and oxygen atoms in total. The number of rotatable bonds is 9. The van der Waals surface area contributed by atoms with Crippen molar-refractivity contribution in [3.05, 3.63) is 84.9 Å². The van der Waals surface area contributed by atoms with E-state index in [0.29, 0.717) is 0 Å². The van der Waals surface area contributed by atoms with Gasteiger partial charge in [-0.25, -0.2) is 0 Å². The number of hydrogen-bond acceptors (Lipinski definition) is 3. The third-order valence-corrected chi connectivity index (χ3v) is 19.7. The summed E-state index contributed by atoms with van der Waals surface area (Å²) < 4.78 is 20.1. The summed E-state index contributed by atoms with van der Waals surface area (Å²) in [7, 11) is -6.93. The number of hydrogen-bond donors (Lipinski definition) is 0. The molecule has 0 atom stereocenters. The number of benzene rings is 3. The molecule has 0 aromatic heterocycles. The van der Waals surface area contributed by atoms with Gasteiger partial charge in [0.1, 0.15) is 0 Å². The van der Waals surface area contributed by atoms with E-state index >= 15 is 0 Å². The van der Waals surface area contributed by atoms with Gasteiger partial charge in [0.2, 0.25) is 16.6 Å². The van der Waals surface area contributed by atoms with Gasteiger partial charge in [-0.05, 0) is 66.6 Å². The third-order valence-electron chi connectivity index (χ3n) is 5.83. The molecule has 0 aliphatic rings. The van der Waals surface area contributed by atoms with Crippen LogP contribution in [0.5, 0.6) is 0 Å². The Morgan fingerprint density at radius 3 is 1.15 bits per heavy atom. The van der Waals surface area contributed by atoms with Crippen LogP contribution in [0.2, 0.25) is 45.8 Å². The second kappa shape index (κ2) is 9.95. The molecular formula is C26H38O3Si4. The zero-order valence-electron chi connectivity index (χ0n) is 21.3. The normalized spacial score (nSPS) is 13.2. The molecule has 0 radical (unpaired) electrons. The SMILES string of the molecule is CO[Si](O[Si](C)(C)c1ccc([Si](C)(C)O[Si](C)(C)C)cc1)(c1ccccc1)c1ccccc1. The molecule has 33 heavy (non-hydrogen) atoms. The van der Waals surface area contributed by atoms with Gasteiger partial charge < -0.3 is 12.7 Å². The average molecular weight is 511 g/mol. The first-order valence-corrected chi connectivity index (χ1v) is 22.6. The van der Waals surface area contributed by atoms with E-state index in [1.807, 2.05) is 12.1 Å². The topological polar surface area (TPSA) is 27.7 Å². The van der Waals surface area contributed by atoms with E-state index in [0.717, 1.165) is 10.4 Å². The molecule has 0 saturated heterocycles. The van der Waals surface area contributed by atoms with Gasteiger partial charge in [-0.3, -0.25) is 0 Å². The Hall–Kier alpha value is -1.59. The lowest BCUT2D eigenvalue weighted by molar-refractivity contribution is 0.328. The Balaban J connectivity index is 1.98. The summed E-state index contributed by atoms with van der Waals surface area (Å²) in [4.78, 5) is 0. The first-order chi connectivity index (χ1) is 15.4. The van der Waals surface area contributed by atoms with Crippen LogP contribution in [0, 0.1) is 0 Å². The van der Waals surface area contributed by atoms with Crippen LogP contribution in [-0.4, -0.2) is 40.6 Å². The quantitative estimate of drug-likeness (QED) is 0.402. The minimum absolute atomic E-state index is 1.13. The highest BCUT2D eigenvalue weighted by atomic mass is 28.4. The van der Waals surface area contributed by atoms with Crippen LogP contribution < -0.4 is 20.7 Å². The first kappa shape index (κ1) is 26.0. The second-order valence-corrected chi connectivity index (χ2v) is 26.3. The van der Waals surface area contributed by atoms with Crippen molar-refractivity contribution in [2.75, 3.05) is 7.11 Å². The zero-order chi connectivity index (χ0) is 24.3. The first-order valence-electron chi connectivity index (χ1n) is 11.6. The van der Waals surface area contributed by atoms with Gasteiger partial charge in [0.15, 0.2) is 8.32 Å². The monoisotopic (exact) mass is 510 g/mol. The van der Waals surface area contributed by atoms with Crippen LogP contribution in [0.1, 0.15) is 0 Å². The molecule has 176 valence electrons. The van der Waals surface area contributed by atoms with Gasteiger partial charge in [0.25, 0.3) is 0 Å². The molecule has 3 rings (SSSR count). The van der Waals surface area contributed by atoms with E-state index in [1.165, 1.54) is 10.4 Å². The maximum atomic E-state index is 7.18. The van der Waals surface area contributed by atoms with Crippen LogP contribution >= 0.6 is 0 Å². The molecule has 0 fully saturated rings. The highest BCUT2D eigenvalue weighted by Gasteiger charge is 2.47. The molecule has 0 amide bonds. The van der Waals surface area contributed by atoms with E-state index in [1.54, 1.807) is 7.11 Å². The Morgan fingerprint density at radius 2 is 0.818 bits per heavy atom. The predicted octanol–water partition coefficient (Wildman–Crippen LogP) is 4.28. The highest BCUT2D eigenvalue weighted by molar-refractivity contribution is 7.01. The Kier molecular flexibility index (Phi) is 7.85. The van der Waals surface area contributed by atoms with Gasteiger partial charge >= 0.3 is 8.56 Å². The van der Waals surface area contributed by atoms with Crippen molar-refractivity contribution >= 4 is 54.3 Å². The van der Waals surface area contributed by atoms with E-state index < -0.39 is 33.5 Å². The van der Waals surface area contributed by atoms with Crippen LogP contribution in [0.3, 0.4) is 0 Å². The lowest BCUT2D eigenvalue weighted by Crippen LogP contribution is -2.68. The lowest BCUT2D eigenvalue weighted by atomic mass is 10.4. The molecule has 7 heteroatoms. The van der Waals surface area contributed by atoms with Crippen LogP contribution in [0.25, 0.3) is 0 Å². The highest BCUT2D eigenvalue weighted by Crippen LogP contribution is 2.18. The maximum Gasteiger partial charge on any atom is 0.396 e. The van der Waals surface area contributed by atoms with Gasteiger partial charge in [-0.1, -0.05) is 84.9 Å². The Morgan fingerprint density at radius 1 is 0.455 bits per heavy atom. The second-order valence-electron chi connectivity index (χ2n) is 10.5. The molecule has 0 bridgehead atoms. The van der Waals surface area contributed by atoms with Gasteiger partial charge in [0, 0.05) is 7.11 Å². The van der Waals surface area contributed by atoms with Gasteiger partial charge in [-0.2, -0.15) is 0 Å². The van der Waals surface area contributed by atoms with Crippen molar-refractivity contribution in [2.24, 2.45) is 0 Å². The fourth-order valence-corrected chi connectivity index (χ4v) is 19.6. The standard InChI is InChI=1S/C26H38O3Si4/c1-27-33(25-15-11-9-12-16-25,26-17-13-10-14-18-26)29-32(7,8)24-21-19-23(20-22-24)31(5,6)28-30(2,3)4/h9-22H,1-8H3. The van der Waals surface area contributed by atoms with Crippen molar-refractivity contribution in [1.29, 1.82) is 0 Å². The molecule has 0 unspecified atom stereocenters. The molecule has 0 aliphatic heterocycles. The average Bonchev–Trinajstić information content (AvgIpc) is 2.77. The van der Waals surface area contributed by atoms with E-state index in [4.69, 9.17) is 12.7 Å². The van der Waals surface area contributed by atoms with Crippen LogP contribution in [-0.2, 0) is 12.7 Å². The van der Waals surface area contributed by atoms with Crippen LogP contribution in [0.15, 0.2) is 84.9 Å². The summed E-state index contributed by atoms with van der Waals surface area (Å²) in [6, 6.07) is 29.9. The minimum Gasteiger partial charge on any atom is -0.452 e. The molecule has 0 N–H and O–H groups in total. The lowest BCUT2D eigenvalue weighted by Gasteiger charge is -2.38. The van der Waals surface area contributed by atoms with E-state index in [-0.39, 0.29) is 0 Å². The molecule has 0 spiro atoms. The summed E-state index contributed by atoms with van der Waals surface area (Å²) >= 11 is 0. The molecule has 3 aromatic carbocycles. The smallest absolute Gasteiger partial charge is 0.396 e. The van der Waals surface area contributed by atoms with Crippen molar-refractivity contribution in [2.45, 2.75) is 45.8 Å². The molecule has 0 aliphatic carbocycles. The van der Waals surface area contributed by atoms with Crippen molar-refractivity contribution in [1.82, 2.24) is 0 Å². The van der Waals surface area contributed by atoms with Crippen molar-refractivity contribution in [3.8, 4) is 0 Å². The maximum absolute atomic E-state index is 7.18. The predicted molar refractivity (Wildman–Crippen MR) is 151 cm³/mol. The summed E-state index contributed by atoms with van der Waals surface area (Å²) in [6.07, 6.45) is 0. The van der Waals surface area contributed by atoms with Crippen molar-refractivity contribution < 1.29 is 12.7 Å². The molecule has 0 heterocycles. The van der Waals surface area contributed by atoms with Crippen molar-refractivity contribution in [3.63, 3.8) is 0 Å². The summed E-state index contributed by atoms with van der Waals surface area (Å²) in [6.45, 7) is 15.9. The summed E-state index contributed by atoms with van der Waals surface area (Å²) in [5, 5.41) is 4.87. The third kappa shape index (κ3) is 6.10. The summed E-state index contributed by atoms with van der Waals surface area (Å²) in [5.74, 6) is 0. The Bertz CT molecular complexity index is 991.